The third-order valence-electron chi connectivity index (χ3n) is 0. The van der Waals surface area contributed by atoms with Crippen LogP contribution in [0.1, 0.15) is 4.28 Å². The van der Waals surface area contributed by atoms with Gasteiger partial charge in [-0.1, -0.05) is 0 Å². The molecule has 0 N–H and O–H groups in total. The van der Waals surface area contributed by atoms with Crippen molar-refractivity contribution in [2.45, 2.75) is 0 Å². The van der Waals surface area contributed by atoms with E-state index in [-0.39, 0.29) is 123 Å². The summed E-state index contributed by atoms with van der Waals surface area (Å²) >= 11 is 0. The van der Waals surface area contributed by atoms with Crippen molar-refractivity contribution in [3.05, 3.63) is 0 Å². The molecule has 0 heterocycles. The average molecular weight is 389 g/mol. The van der Waals surface area contributed by atoms with Crippen molar-refractivity contribution < 1.29 is 50.9 Å². The van der Waals surface area contributed by atoms with Crippen molar-refractivity contribution in [1.82, 2.24) is 0 Å². The molecular formula is H6BiCuNaSr. The smallest absolute Gasteiger partial charge is 1.00 e. The molecule has 0 aliphatic carbocycles. The van der Waals surface area contributed by atoms with E-state index in [2.05, 4.69) is 0 Å². The van der Waals surface area contributed by atoms with Crippen LogP contribution < -0.4 is 29.6 Å². The fourth-order valence-corrected chi connectivity index (χ4v) is 0. The molecule has 0 aliphatic rings. The van der Waals surface area contributed by atoms with Gasteiger partial charge in [-0.25, -0.2) is 0 Å². The minimum atomic E-state index is 0. The van der Waals surface area contributed by atoms with E-state index in [1.54, 1.807) is 0 Å². The summed E-state index contributed by atoms with van der Waals surface area (Å²) in [5.41, 5.74) is 0. The Morgan fingerprint density at radius 3 is 1.25 bits per heavy atom. The summed E-state index contributed by atoms with van der Waals surface area (Å²) in [4.78, 5) is 0. The first-order valence-corrected chi connectivity index (χ1v) is 0. The fourth-order valence-electron chi connectivity index (χ4n) is 0. The number of hydrogen-bond acceptors (Lipinski definition) is 0. The molecule has 1 radical (unpaired) electrons. The quantitative estimate of drug-likeness (QED) is 0.369. The average Bonchev–Trinajstić information content (AvgIpc) is 0. The molecule has 0 saturated heterocycles. The summed E-state index contributed by atoms with van der Waals surface area (Å²) in [6.45, 7) is 0. The second-order valence-electron chi connectivity index (χ2n) is 0. The van der Waals surface area contributed by atoms with Gasteiger partial charge in [0.05, 0.1) is 0 Å². The summed E-state index contributed by atoms with van der Waals surface area (Å²) in [5, 5.41) is 0. The van der Waals surface area contributed by atoms with Crippen LogP contribution in [0.2, 0.25) is 0 Å². The molecule has 0 aromatic heterocycles. The molecule has 0 aliphatic heterocycles. The number of rotatable bonds is 0. The van der Waals surface area contributed by atoms with Crippen LogP contribution >= 0.6 is 0 Å². The Hall–Kier alpha value is 3.88. The van der Waals surface area contributed by atoms with Crippen LogP contribution in [0.25, 0.3) is 0 Å². The summed E-state index contributed by atoms with van der Waals surface area (Å²) < 4.78 is 0. The third-order valence-corrected chi connectivity index (χ3v) is 0. The van der Waals surface area contributed by atoms with Gasteiger partial charge in [0.1, 0.15) is 0 Å². The normalized spacial score (nSPS) is 0. The van der Waals surface area contributed by atoms with Crippen LogP contribution in [0, 0.1) is 0 Å². The van der Waals surface area contributed by atoms with Gasteiger partial charge in [-0.15, -0.1) is 0 Å². The standard InChI is InChI=1S/Bi.Cu.Na.Sr.6H/q;;+1;+2;;;;3*-1. The Labute approximate surface area is 119 Å². The summed E-state index contributed by atoms with van der Waals surface area (Å²) in [7, 11) is 0. The van der Waals surface area contributed by atoms with Gasteiger partial charge in [0.2, 0.25) is 0 Å². The van der Waals surface area contributed by atoms with Crippen LogP contribution in [0.5, 0.6) is 0 Å². The van der Waals surface area contributed by atoms with E-state index in [9.17, 15) is 0 Å². The van der Waals surface area contributed by atoms with E-state index >= 15 is 0 Å². The molecule has 0 aromatic rings. The van der Waals surface area contributed by atoms with E-state index < -0.39 is 0 Å². The van der Waals surface area contributed by atoms with Crippen molar-refractivity contribution in [3.8, 4) is 0 Å². The van der Waals surface area contributed by atoms with Crippen LogP contribution in [0.15, 0.2) is 0 Å². The summed E-state index contributed by atoms with van der Waals surface area (Å²) in [6.07, 6.45) is 0. The minimum absolute atomic E-state index is 0. The van der Waals surface area contributed by atoms with E-state index in [1.165, 1.54) is 0 Å². The van der Waals surface area contributed by atoms with Gasteiger partial charge in [0.15, 0.2) is 0 Å². The molecule has 0 nitrogen and oxygen atoms in total. The molecule has 0 unspecified atom stereocenters. The molecule has 0 fully saturated rings. The molecule has 0 bridgehead atoms. The van der Waals surface area contributed by atoms with Crippen molar-refractivity contribution in [2.24, 2.45) is 0 Å². The monoisotopic (exact) mass is 389 g/mol. The predicted octanol–water partition coefficient (Wildman–Crippen LogP) is -4.23. The molecule has 0 saturated carbocycles. The Balaban J connectivity index is 0. The van der Waals surface area contributed by atoms with E-state index in [1.807, 2.05) is 0 Å². The molecule has 25 valence electrons. The van der Waals surface area contributed by atoms with E-state index in [4.69, 9.17) is 0 Å². The Kier molecular flexibility index (Phi) is 97.8. The van der Waals surface area contributed by atoms with Crippen LogP contribution in [-0.2, 0) is 17.1 Å². The Morgan fingerprint density at radius 1 is 1.25 bits per heavy atom. The summed E-state index contributed by atoms with van der Waals surface area (Å²) in [6, 6.07) is 0. The molecule has 0 amide bonds. The maximum absolute atomic E-state index is 0. The Bertz CT molecular complexity index is 14.9. The topological polar surface area (TPSA) is 0 Å². The molecule has 0 spiro atoms. The van der Waals surface area contributed by atoms with Gasteiger partial charge in [0.25, 0.3) is 0 Å². The maximum atomic E-state index is 0. The third kappa shape index (κ3) is 9.30. The largest absolute Gasteiger partial charge is 2.00 e. The molecule has 4 heteroatoms. The van der Waals surface area contributed by atoms with Crippen LogP contribution in [0.4, 0.5) is 0 Å². The first kappa shape index (κ1) is 24.8. The van der Waals surface area contributed by atoms with Gasteiger partial charge in [0, 0.05) is 17.1 Å². The first-order chi connectivity index (χ1) is 0. The van der Waals surface area contributed by atoms with Crippen LogP contribution in [-0.4, -0.2) is 71.7 Å². The zero-order valence-electron chi connectivity index (χ0n) is 5.72. The fraction of sp³-hybridized carbons (Fsp3) is 0. The molecule has 4 heavy (non-hydrogen) atoms. The second-order valence-corrected chi connectivity index (χ2v) is 0. The number of hydrogen-bond donors (Lipinski definition) is 0. The maximum Gasteiger partial charge on any atom is 2.00 e. The van der Waals surface area contributed by atoms with Gasteiger partial charge in [-0.3, -0.25) is 0 Å². The van der Waals surface area contributed by atoms with Gasteiger partial charge in [-0.2, -0.15) is 0 Å². The second kappa shape index (κ2) is 15.8. The van der Waals surface area contributed by atoms with Gasteiger partial charge in [-0.05, 0) is 0 Å². The van der Waals surface area contributed by atoms with E-state index in [0.717, 1.165) is 0 Å². The van der Waals surface area contributed by atoms with Crippen molar-refractivity contribution >= 4 is 71.7 Å². The van der Waals surface area contributed by atoms with Crippen molar-refractivity contribution in [2.75, 3.05) is 0 Å². The van der Waals surface area contributed by atoms with Crippen molar-refractivity contribution in [3.63, 3.8) is 0 Å². The first-order valence-electron chi connectivity index (χ1n) is 0. The molecule has 0 atom stereocenters. The molecule has 0 aromatic carbocycles. The zero-order chi connectivity index (χ0) is 0. The van der Waals surface area contributed by atoms with Gasteiger partial charge < -0.3 is 4.28 Å². The predicted molar refractivity (Wildman–Crippen MR) is 19.0 cm³/mol. The molecular weight excluding hydrogens is 383 g/mol. The zero-order valence-corrected chi connectivity index (χ0v) is 14.6. The van der Waals surface area contributed by atoms with Crippen molar-refractivity contribution in [1.29, 1.82) is 0 Å². The van der Waals surface area contributed by atoms with Crippen LogP contribution in [0.3, 0.4) is 0 Å². The molecule has 0 rings (SSSR count). The SMILES string of the molecule is [BiH3].[Cu].[H-].[H-].[H-].[Na+].[Sr+2]. The van der Waals surface area contributed by atoms with E-state index in [0.29, 0.717) is 0 Å². The Morgan fingerprint density at radius 2 is 1.25 bits per heavy atom. The minimum Gasteiger partial charge on any atom is -1.00 e. The summed E-state index contributed by atoms with van der Waals surface area (Å²) in [5.74, 6) is 0. The van der Waals surface area contributed by atoms with Gasteiger partial charge >= 0.3 is 101 Å².